The van der Waals surface area contributed by atoms with E-state index >= 15 is 0 Å². The van der Waals surface area contributed by atoms with E-state index in [2.05, 4.69) is 10.3 Å². The Labute approximate surface area is 92.7 Å². The van der Waals surface area contributed by atoms with Gasteiger partial charge in [0.1, 0.15) is 0 Å². The number of aliphatic carboxylic acids is 1. The van der Waals surface area contributed by atoms with Crippen LogP contribution >= 0.6 is 0 Å². The number of carbonyl (C=O) groups is 1. The fourth-order valence-corrected chi connectivity index (χ4v) is 1.58. The van der Waals surface area contributed by atoms with Crippen LogP contribution in [0.2, 0.25) is 0 Å². The molecule has 1 aromatic rings. The number of nitrogens with one attached hydrogen (secondary N) is 1. The minimum Gasteiger partial charge on any atom is -0.479 e. The van der Waals surface area contributed by atoms with Crippen molar-refractivity contribution in [1.29, 1.82) is 0 Å². The molecule has 0 radical (unpaired) electrons. The third-order valence-corrected chi connectivity index (χ3v) is 2.80. The lowest BCUT2D eigenvalue weighted by atomic mass is 10.3. The van der Waals surface area contributed by atoms with Crippen molar-refractivity contribution < 1.29 is 23.2 Å². The highest BCUT2D eigenvalue weighted by Gasteiger charge is 2.06. The molecule has 0 aromatic heterocycles. The van der Waals surface area contributed by atoms with E-state index in [4.69, 9.17) is 5.11 Å². The van der Waals surface area contributed by atoms with E-state index in [0.29, 0.717) is 5.69 Å². The first-order chi connectivity index (χ1) is 7.39. The Kier molecular flexibility index (Phi) is 3.86. The smallest absolute Gasteiger partial charge is 0.332 e. The lowest BCUT2D eigenvalue weighted by molar-refractivity contribution is -0.141. The van der Waals surface area contributed by atoms with Crippen molar-refractivity contribution >= 4 is 21.5 Å². The summed E-state index contributed by atoms with van der Waals surface area (Å²) in [6.07, 6.45) is 1.11. The van der Waals surface area contributed by atoms with Gasteiger partial charge >= 0.3 is 5.97 Å². The van der Waals surface area contributed by atoms with Crippen molar-refractivity contribution in [2.45, 2.75) is 4.90 Å². The van der Waals surface area contributed by atoms with Crippen molar-refractivity contribution in [1.82, 2.24) is 0 Å². The van der Waals surface area contributed by atoms with Crippen LogP contribution < -0.4 is 5.48 Å². The maximum absolute atomic E-state index is 11.1. The highest BCUT2D eigenvalue weighted by Crippen LogP contribution is 2.13. The van der Waals surface area contributed by atoms with Gasteiger partial charge in [-0.2, -0.15) is 0 Å². The predicted octanol–water partition coefficient (Wildman–Crippen LogP) is 0.518. The first-order valence-electron chi connectivity index (χ1n) is 4.29. The van der Waals surface area contributed by atoms with Crippen LogP contribution in [0.4, 0.5) is 5.69 Å². The quantitative estimate of drug-likeness (QED) is 0.734. The largest absolute Gasteiger partial charge is 0.479 e. The van der Waals surface area contributed by atoms with Crippen LogP contribution in [-0.4, -0.2) is 32.4 Å². The average Bonchev–Trinajstić information content (AvgIpc) is 2.16. The summed E-state index contributed by atoms with van der Waals surface area (Å²) in [6, 6.07) is 5.78. The summed E-state index contributed by atoms with van der Waals surface area (Å²) in [5.41, 5.74) is 2.86. The molecule has 0 saturated carbocycles. The molecule has 0 amide bonds. The highest BCUT2D eigenvalue weighted by molar-refractivity contribution is 7.90. The summed E-state index contributed by atoms with van der Waals surface area (Å²) in [7, 11) is -3.22. The molecular weight excluding hydrogens is 234 g/mol. The van der Waals surface area contributed by atoms with Gasteiger partial charge < -0.3 is 5.11 Å². The first kappa shape index (κ1) is 12.5. The van der Waals surface area contributed by atoms with Crippen molar-refractivity contribution in [3.63, 3.8) is 0 Å². The summed E-state index contributed by atoms with van der Waals surface area (Å²) in [5.74, 6) is -1.10. The third kappa shape index (κ3) is 3.87. The fraction of sp³-hybridized carbons (Fsp3) is 0.222. The molecule has 0 heterocycles. The number of hydrogen-bond donors (Lipinski definition) is 2. The Morgan fingerprint density at radius 1 is 1.38 bits per heavy atom. The van der Waals surface area contributed by atoms with Gasteiger partial charge in [0.25, 0.3) is 0 Å². The Morgan fingerprint density at radius 3 is 2.38 bits per heavy atom. The molecule has 6 nitrogen and oxygen atoms in total. The molecule has 1 aromatic carbocycles. The standard InChI is InChI=1S/C9H11NO5S/c1-16(13,14)8-4-2-7(3-5-8)10-15-6-9(11)12/h2-5,10H,6H2,1H3,(H,11,12). The van der Waals surface area contributed by atoms with Gasteiger partial charge in [0.2, 0.25) is 0 Å². The Bertz CT molecular complexity index is 465. The summed E-state index contributed by atoms with van der Waals surface area (Å²) < 4.78 is 22.2. The minimum absolute atomic E-state index is 0.191. The van der Waals surface area contributed by atoms with Gasteiger partial charge in [0.15, 0.2) is 16.4 Å². The monoisotopic (exact) mass is 245 g/mol. The topological polar surface area (TPSA) is 92.7 Å². The Morgan fingerprint density at radius 2 is 1.94 bits per heavy atom. The van der Waals surface area contributed by atoms with E-state index in [1.807, 2.05) is 0 Å². The third-order valence-electron chi connectivity index (χ3n) is 1.67. The van der Waals surface area contributed by atoms with E-state index < -0.39 is 22.4 Å². The first-order valence-corrected chi connectivity index (χ1v) is 6.18. The summed E-state index contributed by atoms with van der Waals surface area (Å²) >= 11 is 0. The number of benzene rings is 1. The van der Waals surface area contributed by atoms with E-state index in [1.165, 1.54) is 24.3 Å². The SMILES string of the molecule is CS(=O)(=O)c1ccc(NOCC(=O)O)cc1. The van der Waals surface area contributed by atoms with Gasteiger partial charge in [-0.05, 0) is 24.3 Å². The van der Waals surface area contributed by atoms with Crippen LogP contribution in [-0.2, 0) is 19.5 Å². The van der Waals surface area contributed by atoms with Crippen LogP contribution in [0, 0.1) is 0 Å². The zero-order valence-electron chi connectivity index (χ0n) is 8.50. The number of anilines is 1. The molecule has 1 rings (SSSR count). The summed E-state index contributed by atoms with van der Waals surface area (Å²) in [6.45, 7) is -0.478. The Balaban J connectivity index is 2.62. The van der Waals surface area contributed by atoms with Gasteiger partial charge in [-0.1, -0.05) is 0 Å². The fourth-order valence-electron chi connectivity index (χ4n) is 0.951. The van der Waals surface area contributed by atoms with E-state index in [-0.39, 0.29) is 4.90 Å². The van der Waals surface area contributed by atoms with Gasteiger partial charge in [-0.15, -0.1) is 0 Å². The molecule has 0 atom stereocenters. The molecule has 0 aliphatic heterocycles. The zero-order chi connectivity index (χ0) is 12.2. The molecule has 0 saturated heterocycles. The molecule has 2 N–H and O–H groups in total. The summed E-state index contributed by atoms with van der Waals surface area (Å²) in [5, 5.41) is 8.30. The van der Waals surface area contributed by atoms with Gasteiger partial charge in [0.05, 0.1) is 10.6 Å². The van der Waals surface area contributed by atoms with Crippen molar-refractivity contribution in [3.05, 3.63) is 24.3 Å². The van der Waals surface area contributed by atoms with Crippen LogP contribution in [0.1, 0.15) is 0 Å². The lowest BCUT2D eigenvalue weighted by Gasteiger charge is -2.05. The summed E-state index contributed by atoms with van der Waals surface area (Å²) in [4.78, 5) is 14.9. The second-order valence-electron chi connectivity index (χ2n) is 3.08. The number of carboxylic acid groups (broad SMARTS) is 1. The van der Waals surface area contributed by atoms with Gasteiger partial charge in [-0.3, -0.25) is 10.3 Å². The van der Waals surface area contributed by atoms with Gasteiger partial charge in [-0.25, -0.2) is 13.2 Å². The second-order valence-corrected chi connectivity index (χ2v) is 5.10. The van der Waals surface area contributed by atoms with Crippen molar-refractivity contribution in [2.75, 3.05) is 18.3 Å². The zero-order valence-corrected chi connectivity index (χ0v) is 9.32. The molecule has 88 valence electrons. The molecule has 7 heteroatoms. The maximum Gasteiger partial charge on any atom is 0.332 e. The van der Waals surface area contributed by atoms with E-state index in [9.17, 15) is 13.2 Å². The molecule has 0 bridgehead atoms. The van der Waals surface area contributed by atoms with Crippen LogP contribution in [0.15, 0.2) is 29.2 Å². The van der Waals surface area contributed by atoms with Crippen LogP contribution in [0.5, 0.6) is 0 Å². The Hall–Kier alpha value is -1.60. The van der Waals surface area contributed by atoms with E-state index in [1.54, 1.807) is 0 Å². The van der Waals surface area contributed by atoms with Crippen molar-refractivity contribution in [2.24, 2.45) is 0 Å². The number of hydrogen-bond acceptors (Lipinski definition) is 5. The van der Waals surface area contributed by atoms with Crippen molar-refractivity contribution in [3.8, 4) is 0 Å². The maximum atomic E-state index is 11.1. The molecule has 0 fully saturated rings. The normalized spacial score (nSPS) is 11.1. The average molecular weight is 245 g/mol. The molecule has 0 spiro atoms. The molecule has 16 heavy (non-hydrogen) atoms. The number of rotatable bonds is 5. The molecular formula is C9H11NO5S. The van der Waals surface area contributed by atoms with Crippen LogP contribution in [0.25, 0.3) is 0 Å². The number of sulfone groups is 1. The molecule has 0 aliphatic rings. The number of carboxylic acids is 1. The minimum atomic E-state index is -3.22. The van der Waals surface area contributed by atoms with Crippen LogP contribution in [0.3, 0.4) is 0 Å². The molecule has 0 aliphatic carbocycles. The predicted molar refractivity (Wildman–Crippen MR) is 56.8 cm³/mol. The lowest BCUT2D eigenvalue weighted by Crippen LogP contribution is -2.11. The van der Waals surface area contributed by atoms with E-state index in [0.717, 1.165) is 6.26 Å². The van der Waals surface area contributed by atoms with Gasteiger partial charge in [0, 0.05) is 6.26 Å². The highest BCUT2D eigenvalue weighted by atomic mass is 32.2. The second kappa shape index (κ2) is 4.95. The molecule has 0 unspecified atom stereocenters.